The Bertz CT molecular complexity index is 768. The van der Waals surface area contributed by atoms with Gasteiger partial charge in [0, 0.05) is 36.2 Å². The van der Waals surface area contributed by atoms with Crippen LogP contribution in [0.3, 0.4) is 0 Å². The second-order valence-electron chi connectivity index (χ2n) is 7.90. The maximum Gasteiger partial charge on any atom is 0.272 e. The standard InChI is InChI=1S/C19H26N4O3/c1-13(2)7-20-18(24)16-15-10-26-12-19(17(15)22-21-16)4-5-23(11-19)8-14-3-6-25-9-14/h3,6,9,13H,4-5,7-8,10-12H2,1-2H3,(H,20,24)(H,21,22)/t19-/m1/s1. The molecule has 0 saturated carbocycles. The fraction of sp³-hybridized carbons (Fsp3) is 0.579. The second-order valence-corrected chi connectivity index (χ2v) is 7.90. The van der Waals surface area contributed by atoms with Gasteiger partial charge in [0.25, 0.3) is 5.91 Å². The van der Waals surface area contributed by atoms with E-state index in [4.69, 9.17) is 9.15 Å². The molecule has 0 aromatic carbocycles. The Kier molecular flexibility index (Phi) is 4.58. The summed E-state index contributed by atoms with van der Waals surface area (Å²) in [5.41, 5.74) is 3.54. The highest BCUT2D eigenvalue weighted by Gasteiger charge is 2.46. The van der Waals surface area contributed by atoms with E-state index in [0.717, 1.165) is 37.3 Å². The van der Waals surface area contributed by atoms with Crippen LogP contribution in [0.1, 0.15) is 47.6 Å². The van der Waals surface area contributed by atoms with Gasteiger partial charge in [-0.3, -0.25) is 14.8 Å². The maximum absolute atomic E-state index is 12.5. The largest absolute Gasteiger partial charge is 0.472 e. The quantitative estimate of drug-likeness (QED) is 0.855. The number of carbonyl (C=O) groups is 1. The van der Waals surface area contributed by atoms with E-state index in [0.29, 0.717) is 31.4 Å². The molecule has 140 valence electrons. The summed E-state index contributed by atoms with van der Waals surface area (Å²) in [5.74, 6) is 0.285. The molecule has 1 fully saturated rings. The fourth-order valence-corrected chi connectivity index (χ4v) is 3.99. The van der Waals surface area contributed by atoms with Crippen LogP contribution in [0, 0.1) is 5.92 Å². The van der Waals surface area contributed by atoms with Crippen molar-refractivity contribution in [1.82, 2.24) is 20.4 Å². The van der Waals surface area contributed by atoms with Crippen LogP contribution in [0.15, 0.2) is 23.0 Å². The normalized spacial score (nSPS) is 22.9. The van der Waals surface area contributed by atoms with Crippen molar-refractivity contribution >= 4 is 5.91 Å². The van der Waals surface area contributed by atoms with Gasteiger partial charge >= 0.3 is 0 Å². The van der Waals surface area contributed by atoms with Gasteiger partial charge in [0.2, 0.25) is 0 Å². The summed E-state index contributed by atoms with van der Waals surface area (Å²) in [4.78, 5) is 14.9. The van der Waals surface area contributed by atoms with Crippen LogP contribution in [0.4, 0.5) is 0 Å². The molecule has 2 aromatic rings. The lowest BCUT2D eigenvalue weighted by Crippen LogP contribution is -2.40. The van der Waals surface area contributed by atoms with Gasteiger partial charge in [0.05, 0.1) is 31.4 Å². The molecule has 1 saturated heterocycles. The number of hydrogen-bond acceptors (Lipinski definition) is 5. The maximum atomic E-state index is 12.5. The summed E-state index contributed by atoms with van der Waals surface area (Å²) >= 11 is 0. The van der Waals surface area contributed by atoms with Gasteiger partial charge in [0.1, 0.15) is 0 Å². The summed E-state index contributed by atoms with van der Waals surface area (Å²) in [7, 11) is 0. The monoisotopic (exact) mass is 358 g/mol. The van der Waals surface area contributed by atoms with E-state index in [9.17, 15) is 4.79 Å². The fourth-order valence-electron chi connectivity index (χ4n) is 3.99. The average Bonchev–Trinajstić information content (AvgIpc) is 3.34. The number of fused-ring (bicyclic) bond motifs is 2. The van der Waals surface area contributed by atoms with Gasteiger partial charge in [-0.05, 0) is 24.9 Å². The first-order chi connectivity index (χ1) is 12.6. The summed E-state index contributed by atoms with van der Waals surface area (Å²) in [6.45, 7) is 8.64. The molecule has 2 aromatic heterocycles. The van der Waals surface area contributed by atoms with Crippen molar-refractivity contribution in [2.24, 2.45) is 5.92 Å². The molecule has 2 aliphatic heterocycles. The molecule has 0 bridgehead atoms. The third-order valence-electron chi connectivity index (χ3n) is 5.33. The summed E-state index contributed by atoms with van der Waals surface area (Å²) < 4.78 is 11.1. The zero-order chi connectivity index (χ0) is 18.1. The Morgan fingerprint density at radius 2 is 2.38 bits per heavy atom. The minimum Gasteiger partial charge on any atom is -0.472 e. The van der Waals surface area contributed by atoms with Gasteiger partial charge < -0.3 is 14.5 Å². The van der Waals surface area contributed by atoms with E-state index < -0.39 is 0 Å². The number of likely N-dealkylation sites (tertiary alicyclic amines) is 1. The van der Waals surface area contributed by atoms with E-state index in [1.165, 1.54) is 5.56 Å². The van der Waals surface area contributed by atoms with Crippen LogP contribution in [0.2, 0.25) is 0 Å². The molecule has 1 spiro atoms. The van der Waals surface area contributed by atoms with Gasteiger partial charge in [-0.2, -0.15) is 5.10 Å². The molecule has 7 heteroatoms. The molecule has 2 N–H and O–H groups in total. The number of nitrogens with one attached hydrogen (secondary N) is 2. The zero-order valence-electron chi connectivity index (χ0n) is 15.4. The Balaban J connectivity index is 1.52. The number of furan rings is 1. The summed E-state index contributed by atoms with van der Waals surface area (Å²) in [6.07, 6.45) is 4.49. The molecule has 0 radical (unpaired) electrons. The van der Waals surface area contributed by atoms with Crippen LogP contribution < -0.4 is 5.32 Å². The van der Waals surface area contributed by atoms with Crippen LogP contribution in [0.5, 0.6) is 0 Å². The Labute approximate surface area is 153 Å². The lowest BCUT2D eigenvalue weighted by Gasteiger charge is -2.33. The Morgan fingerprint density at radius 1 is 1.50 bits per heavy atom. The molecular formula is C19H26N4O3. The second kappa shape index (κ2) is 6.89. The van der Waals surface area contributed by atoms with Gasteiger partial charge in [-0.1, -0.05) is 13.8 Å². The molecule has 4 heterocycles. The van der Waals surface area contributed by atoms with E-state index in [1.807, 2.05) is 6.07 Å². The van der Waals surface area contributed by atoms with Gasteiger partial charge in [-0.15, -0.1) is 0 Å². The van der Waals surface area contributed by atoms with Crippen molar-refractivity contribution in [3.8, 4) is 0 Å². The molecule has 1 atom stereocenters. The highest BCUT2D eigenvalue weighted by molar-refractivity contribution is 5.94. The van der Waals surface area contributed by atoms with Crippen molar-refractivity contribution in [1.29, 1.82) is 0 Å². The van der Waals surface area contributed by atoms with Crippen LogP contribution in [-0.4, -0.2) is 47.2 Å². The van der Waals surface area contributed by atoms with Crippen molar-refractivity contribution in [3.05, 3.63) is 41.1 Å². The summed E-state index contributed by atoms with van der Waals surface area (Å²) in [5, 5.41) is 10.5. The summed E-state index contributed by atoms with van der Waals surface area (Å²) in [6, 6.07) is 2.00. The molecule has 7 nitrogen and oxygen atoms in total. The number of H-pyrrole nitrogens is 1. The number of aromatic amines is 1. The van der Waals surface area contributed by atoms with E-state index in [2.05, 4.69) is 34.3 Å². The lowest BCUT2D eigenvalue weighted by molar-refractivity contribution is 0.0509. The molecule has 26 heavy (non-hydrogen) atoms. The third kappa shape index (κ3) is 3.17. The van der Waals surface area contributed by atoms with Crippen LogP contribution >= 0.6 is 0 Å². The van der Waals surface area contributed by atoms with Gasteiger partial charge in [-0.25, -0.2) is 0 Å². The average molecular weight is 358 g/mol. The SMILES string of the molecule is CC(C)CNC(=O)c1n[nH]c2c1COC[C@]21CCN(Cc2ccoc2)C1. The molecule has 4 rings (SSSR count). The van der Waals surface area contributed by atoms with Crippen LogP contribution in [0.25, 0.3) is 0 Å². The highest BCUT2D eigenvalue weighted by Crippen LogP contribution is 2.40. The first-order valence-corrected chi connectivity index (χ1v) is 9.24. The van der Waals surface area contributed by atoms with E-state index in [-0.39, 0.29) is 11.3 Å². The van der Waals surface area contributed by atoms with Gasteiger partial charge in [0.15, 0.2) is 5.69 Å². The number of aromatic nitrogens is 2. The topological polar surface area (TPSA) is 83.4 Å². The minimum atomic E-state index is -0.120. The van der Waals surface area contributed by atoms with Crippen molar-refractivity contribution in [2.75, 3.05) is 26.2 Å². The molecule has 2 aliphatic rings. The smallest absolute Gasteiger partial charge is 0.272 e. The predicted octanol–water partition coefficient (Wildman–Crippen LogP) is 2.06. The molecule has 0 aliphatic carbocycles. The Morgan fingerprint density at radius 3 is 3.15 bits per heavy atom. The number of ether oxygens (including phenoxy) is 1. The first-order valence-electron chi connectivity index (χ1n) is 9.24. The van der Waals surface area contributed by atoms with E-state index >= 15 is 0 Å². The number of carbonyl (C=O) groups excluding carboxylic acids is 1. The third-order valence-corrected chi connectivity index (χ3v) is 5.33. The number of hydrogen-bond donors (Lipinski definition) is 2. The number of nitrogens with zero attached hydrogens (tertiary/aromatic N) is 2. The minimum absolute atomic E-state index is 0.110. The Hall–Kier alpha value is -2.12. The highest BCUT2D eigenvalue weighted by atomic mass is 16.5. The lowest BCUT2D eigenvalue weighted by atomic mass is 9.80. The molecule has 1 amide bonds. The zero-order valence-corrected chi connectivity index (χ0v) is 15.4. The first kappa shape index (κ1) is 17.3. The molecular weight excluding hydrogens is 332 g/mol. The van der Waals surface area contributed by atoms with Crippen molar-refractivity contribution < 1.29 is 13.9 Å². The van der Waals surface area contributed by atoms with Crippen LogP contribution in [-0.2, 0) is 23.3 Å². The predicted molar refractivity (Wildman–Crippen MR) is 95.7 cm³/mol. The number of amides is 1. The van der Waals surface area contributed by atoms with Crippen molar-refractivity contribution in [3.63, 3.8) is 0 Å². The number of rotatable bonds is 5. The van der Waals surface area contributed by atoms with E-state index in [1.54, 1.807) is 12.5 Å². The van der Waals surface area contributed by atoms with Crippen molar-refractivity contribution in [2.45, 2.75) is 38.8 Å². The molecule has 0 unspecified atom stereocenters.